The fourth-order valence-corrected chi connectivity index (χ4v) is 0.915. The number of phenols is 1. The summed E-state index contributed by atoms with van der Waals surface area (Å²) in [5.74, 6) is -0.179. The lowest BCUT2D eigenvalue weighted by atomic mass is 10.1. The molecule has 0 atom stereocenters. The van der Waals surface area contributed by atoms with Gasteiger partial charge in [0, 0.05) is 0 Å². The summed E-state index contributed by atoms with van der Waals surface area (Å²) in [6.07, 6.45) is 1.29. The first kappa shape index (κ1) is 9.32. The van der Waals surface area contributed by atoms with Gasteiger partial charge in [-0.05, 0) is 17.7 Å². The number of phenolic OH excluding ortho intramolecular Hbond substituents is 1. The number of aromatic hydroxyl groups is 1. The van der Waals surface area contributed by atoms with E-state index in [2.05, 4.69) is 11.3 Å². The molecule has 0 radical (unpaired) electrons. The van der Waals surface area contributed by atoms with Crippen LogP contribution in [0.25, 0.3) is 0 Å². The van der Waals surface area contributed by atoms with E-state index in [1.807, 2.05) is 0 Å². The highest BCUT2D eigenvalue weighted by Gasteiger charge is 2.02. The van der Waals surface area contributed by atoms with Gasteiger partial charge in [0.15, 0.2) is 0 Å². The largest absolute Gasteiger partial charge is 0.508 e. The Kier molecular flexibility index (Phi) is 3.09. The second-order valence-corrected chi connectivity index (χ2v) is 2.50. The van der Waals surface area contributed by atoms with Crippen LogP contribution in [-0.4, -0.2) is 11.1 Å². The molecule has 0 aliphatic carbocycles. The molecule has 0 aliphatic heterocycles. The predicted molar refractivity (Wildman–Crippen MR) is 48.1 cm³/mol. The molecule has 0 heterocycles. The van der Waals surface area contributed by atoms with Crippen molar-refractivity contribution in [1.29, 1.82) is 0 Å². The summed E-state index contributed by atoms with van der Waals surface area (Å²) in [6.45, 7) is 3.27. The third kappa shape index (κ3) is 2.99. The maximum atomic E-state index is 10.9. The number of hydrogen-bond acceptors (Lipinski definition) is 3. The van der Waals surface area contributed by atoms with Gasteiger partial charge in [-0.1, -0.05) is 18.7 Å². The molecular formula is C10H10O3. The molecule has 1 rings (SSSR count). The Morgan fingerprint density at radius 1 is 1.46 bits per heavy atom. The smallest absolute Gasteiger partial charge is 0.315 e. The van der Waals surface area contributed by atoms with Crippen molar-refractivity contribution >= 4 is 5.97 Å². The van der Waals surface area contributed by atoms with E-state index in [0.29, 0.717) is 0 Å². The maximum Gasteiger partial charge on any atom is 0.315 e. The Hall–Kier alpha value is -1.77. The van der Waals surface area contributed by atoms with Gasteiger partial charge in [0.25, 0.3) is 0 Å². The molecule has 1 aromatic rings. The minimum absolute atomic E-state index is 0.181. The predicted octanol–water partition coefficient (Wildman–Crippen LogP) is 1.62. The minimum atomic E-state index is -0.360. The van der Waals surface area contributed by atoms with Crippen molar-refractivity contribution in [3.8, 4) is 5.75 Å². The SMILES string of the molecule is C=COC(=O)Cc1ccc(O)cc1. The number of ether oxygens (including phenoxy) is 1. The molecule has 3 heteroatoms. The van der Waals surface area contributed by atoms with Crippen molar-refractivity contribution in [2.45, 2.75) is 6.42 Å². The van der Waals surface area contributed by atoms with Gasteiger partial charge in [0.05, 0.1) is 12.7 Å². The minimum Gasteiger partial charge on any atom is -0.508 e. The molecule has 0 bridgehead atoms. The van der Waals surface area contributed by atoms with Crippen molar-refractivity contribution in [3.63, 3.8) is 0 Å². The zero-order valence-corrected chi connectivity index (χ0v) is 7.06. The second kappa shape index (κ2) is 4.30. The van der Waals surface area contributed by atoms with E-state index in [-0.39, 0.29) is 18.1 Å². The maximum absolute atomic E-state index is 10.9. The van der Waals surface area contributed by atoms with Gasteiger partial charge in [-0.25, -0.2) is 0 Å². The van der Waals surface area contributed by atoms with Crippen LogP contribution < -0.4 is 0 Å². The first-order valence-electron chi connectivity index (χ1n) is 3.80. The van der Waals surface area contributed by atoms with E-state index in [4.69, 9.17) is 5.11 Å². The summed E-state index contributed by atoms with van der Waals surface area (Å²) in [6, 6.07) is 6.38. The fraction of sp³-hybridized carbons (Fsp3) is 0.100. The van der Waals surface area contributed by atoms with Crippen molar-refractivity contribution in [2.24, 2.45) is 0 Å². The fourth-order valence-electron chi connectivity index (χ4n) is 0.915. The summed E-state index contributed by atoms with van der Waals surface area (Å²) in [7, 11) is 0. The first-order chi connectivity index (χ1) is 6.22. The molecule has 0 fully saturated rings. The van der Waals surface area contributed by atoms with Gasteiger partial charge in [-0.15, -0.1) is 0 Å². The molecule has 13 heavy (non-hydrogen) atoms. The number of rotatable bonds is 3. The van der Waals surface area contributed by atoms with Crippen LogP contribution in [0.3, 0.4) is 0 Å². The quantitative estimate of drug-likeness (QED) is 0.565. The molecule has 0 amide bonds. The summed E-state index contributed by atoms with van der Waals surface area (Å²) >= 11 is 0. The van der Waals surface area contributed by atoms with Gasteiger partial charge in [-0.2, -0.15) is 0 Å². The first-order valence-corrected chi connectivity index (χ1v) is 3.80. The number of carbonyl (C=O) groups excluding carboxylic acids is 1. The Morgan fingerprint density at radius 2 is 2.08 bits per heavy atom. The van der Waals surface area contributed by atoms with E-state index in [0.717, 1.165) is 11.8 Å². The average molecular weight is 178 g/mol. The highest BCUT2D eigenvalue weighted by molar-refractivity contribution is 5.73. The van der Waals surface area contributed by atoms with E-state index in [1.54, 1.807) is 12.1 Å². The van der Waals surface area contributed by atoms with E-state index < -0.39 is 0 Å². The molecule has 0 unspecified atom stereocenters. The van der Waals surface area contributed by atoms with E-state index >= 15 is 0 Å². The second-order valence-electron chi connectivity index (χ2n) is 2.50. The zero-order valence-electron chi connectivity index (χ0n) is 7.06. The normalized spacial score (nSPS) is 9.23. The van der Waals surface area contributed by atoms with Crippen molar-refractivity contribution in [1.82, 2.24) is 0 Å². The molecule has 1 aromatic carbocycles. The van der Waals surface area contributed by atoms with Crippen LogP contribution in [0.5, 0.6) is 5.75 Å². The molecule has 0 saturated carbocycles. The molecule has 3 nitrogen and oxygen atoms in total. The third-order valence-electron chi connectivity index (χ3n) is 1.50. The van der Waals surface area contributed by atoms with Gasteiger partial charge < -0.3 is 9.84 Å². The van der Waals surface area contributed by atoms with E-state index in [9.17, 15) is 4.79 Å². The van der Waals surface area contributed by atoms with Gasteiger partial charge in [0.2, 0.25) is 0 Å². The van der Waals surface area contributed by atoms with Crippen LogP contribution in [0.1, 0.15) is 5.56 Å². The van der Waals surface area contributed by atoms with Crippen molar-refractivity contribution in [2.75, 3.05) is 0 Å². The lowest BCUT2D eigenvalue weighted by Gasteiger charge is -1.99. The van der Waals surface area contributed by atoms with Crippen LogP contribution in [0.15, 0.2) is 37.1 Å². The molecular weight excluding hydrogens is 168 g/mol. The van der Waals surface area contributed by atoms with Crippen LogP contribution in [0.2, 0.25) is 0 Å². The molecule has 0 aromatic heterocycles. The van der Waals surface area contributed by atoms with Gasteiger partial charge in [0.1, 0.15) is 5.75 Å². The molecule has 0 aliphatic rings. The Labute approximate surface area is 76.3 Å². The Bertz CT molecular complexity index is 300. The Morgan fingerprint density at radius 3 is 2.62 bits per heavy atom. The summed E-state index contributed by atoms with van der Waals surface area (Å²) < 4.78 is 4.54. The highest BCUT2D eigenvalue weighted by Crippen LogP contribution is 2.10. The van der Waals surface area contributed by atoms with Crippen molar-refractivity contribution < 1.29 is 14.6 Å². The van der Waals surface area contributed by atoms with Gasteiger partial charge >= 0.3 is 5.97 Å². The van der Waals surface area contributed by atoms with Gasteiger partial charge in [-0.3, -0.25) is 4.79 Å². The summed E-state index contributed by atoms with van der Waals surface area (Å²) in [5.41, 5.74) is 0.796. The molecule has 68 valence electrons. The highest BCUT2D eigenvalue weighted by atomic mass is 16.5. The number of esters is 1. The zero-order chi connectivity index (χ0) is 9.68. The van der Waals surface area contributed by atoms with Crippen LogP contribution in [-0.2, 0) is 16.0 Å². The lowest BCUT2D eigenvalue weighted by Crippen LogP contribution is -2.03. The summed E-state index contributed by atoms with van der Waals surface area (Å²) in [4.78, 5) is 10.9. The third-order valence-corrected chi connectivity index (χ3v) is 1.50. The molecule has 0 saturated heterocycles. The number of carbonyl (C=O) groups is 1. The standard InChI is InChI=1S/C10H10O3/c1-2-13-10(12)7-8-3-5-9(11)6-4-8/h2-6,11H,1,7H2. The summed E-state index contributed by atoms with van der Waals surface area (Å²) in [5, 5.41) is 8.96. The topological polar surface area (TPSA) is 46.5 Å². The lowest BCUT2D eigenvalue weighted by molar-refractivity contribution is -0.137. The number of hydrogen-bond donors (Lipinski definition) is 1. The monoisotopic (exact) mass is 178 g/mol. The Balaban J connectivity index is 2.59. The van der Waals surface area contributed by atoms with Crippen molar-refractivity contribution in [3.05, 3.63) is 42.7 Å². The van der Waals surface area contributed by atoms with Crippen LogP contribution >= 0.6 is 0 Å². The van der Waals surface area contributed by atoms with E-state index in [1.165, 1.54) is 12.1 Å². The van der Waals surface area contributed by atoms with Crippen LogP contribution in [0, 0.1) is 0 Å². The number of benzene rings is 1. The molecule has 0 spiro atoms. The molecule has 1 N–H and O–H groups in total. The average Bonchev–Trinajstić information content (AvgIpc) is 2.09. The van der Waals surface area contributed by atoms with Crippen LogP contribution in [0.4, 0.5) is 0 Å².